The summed E-state index contributed by atoms with van der Waals surface area (Å²) in [5.74, 6) is 2.09. The third-order valence-electron chi connectivity index (χ3n) is 3.78. The Bertz CT molecular complexity index is 989. The number of nitrogens with one attached hydrogen (secondary N) is 3. The Labute approximate surface area is 151 Å². The van der Waals surface area contributed by atoms with Gasteiger partial charge in [0.2, 0.25) is 10.0 Å². The first-order valence-electron chi connectivity index (χ1n) is 7.96. The molecule has 0 atom stereocenters. The van der Waals surface area contributed by atoms with Crippen LogP contribution >= 0.6 is 0 Å². The molecule has 26 heavy (non-hydrogen) atoms. The van der Waals surface area contributed by atoms with Crippen LogP contribution in [0.1, 0.15) is 17.2 Å². The van der Waals surface area contributed by atoms with Crippen LogP contribution in [0.3, 0.4) is 0 Å². The molecule has 0 saturated heterocycles. The van der Waals surface area contributed by atoms with Crippen LogP contribution in [-0.2, 0) is 10.0 Å². The topological polar surface area (TPSA) is 130 Å². The van der Waals surface area contributed by atoms with Crippen molar-refractivity contribution >= 4 is 15.8 Å². The first-order chi connectivity index (χ1) is 12.4. The van der Waals surface area contributed by atoms with E-state index in [1.165, 1.54) is 6.33 Å². The molecule has 0 amide bonds. The fourth-order valence-electron chi connectivity index (χ4n) is 2.58. The summed E-state index contributed by atoms with van der Waals surface area (Å²) in [6.07, 6.45) is 4.95. The number of anilines is 1. The first-order valence-corrected chi connectivity index (χ1v) is 9.44. The van der Waals surface area contributed by atoms with Gasteiger partial charge >= 0.3 is 0 Å². The zero-order valence-electron chi connectivity index (χ0n) is 14.7. The maximum absolute atomic E-state index is 12.4. The Kier molecular flexibility index (Phi) is 5.00. The van der Waals surface area contributed by atoms with Crippen LogP contribution in [0.5, 0.6) is 0 Å². The minimum Gasteiger partial charge on any atom is -0.369 e. The highest BCUT2D eigenvalue weighted by Crippen LogP contribution is 2.16. The minimum atomic E-state index is -3.61. The molecule has 0 aromatic carbocycles. The summed E-state index contributed by atoms with van der Waals surface area (Å²) < 4.78 is 29.1. The van der Waals surface area contributed by atoms with Crippen molar-refractivity contribution in [2.45, 2.75) is 25.7 Å². The Morgan fingerprint density at radius 1 is 1.15 bits per heavy atom. The lowest BCUT2D eigenvalue weighted by Gasteiger charge is -2.10. The summed E-state index contributed by atoms with van der Waals surface area (Å²) in [6, 6.07) is 1.77. The lowest BCUT2D eigenvalue weighted by atomic mass is 10.4. The van der Waals surface area contributed by atoms with Gasteiger partial charge in [-0.05, 0) is 20.8 Å². The smallest absolute Gasteiger partial charge is 0.244 e. The second-order valence-electron chi connectivity index (χ2n) is 5.69. The van der Waals surface area contributed by atoms with Crippen LogP contribution in [0.4, 0.5) is 5.82 Å². The van der Waals surface area contributed by atoms with Crippen molar-refractivity contribution in [2.24, 2.45) is 0 Å². The van der Waals surface area contributed by atoms with Crippen molar-refractivity contribution in [3.63, 3.8) is 0 Å². The van der Waals surface area contributed by atoms with Crippen LogP contribution in [0.15, 0.2) is 29.7 Å². The number of sulfonamides is 1. The highest BCUT2D eigenvalue weighted by molar-refractivity contribution is 7.89. The molecule has 0 spiro atoms. The van der Waals surface area contributed by atoms with Crippen molar-refractivity contribution in [3.8, 4) is 5.82 Å². The van der Waals surface area contributed by atoms with E-state index in [1.54, 1.807) is 26.1 Å². The zero-order chi connectivity index (χ0) is 18.7. The van der Waals surface area contributed by atoms with E-state index in [1.807, 2.05) is 17.7 Å². The van der Waals surface area contributed by atoms with E-state index in [2.05, 4.69) is 35.2 Å². The van der Waals surface area contributed by atoms with Crippen molar-refractivity contribution < 1.29 is 8.42 Å². The lowest BCUT2D eigenvalue weighted by molar-refractivity contribution is 0.581. The first kappa shape index (κ1) is 18.0. The van der Waals surface area contributed by atoms with Gasteiger partial charge in [-0.3, -0.25) is 9.67 Å². The maximum Gasteiger partial charge on any atom is 0.244 e. The average Bonchev–Trinajstić information content (AvgIpc) is 3.17. The van der Waals surface area contributed by atoms with Crippen LogP contribution in [-0.4, -0.2) is 51.2 Å². The van der Waals surface area contributed by atoms with E-state index in [-0.39, 0.29) is 11.4 Å². The van der Waals surface area contributed by atoms with Crippen molar-refractivity contribution in [1.82, 2.24) is 34.4 Å². The molecule has 0 radical (unpaired) electrons. The summed E-state index contributed by atoms with van der Waals surface area (Å²) in [4.78, 5) is 12.7. The Balaban J connectivity index is 1.60. The summed E-state index contributed by atoms with van der Waals surface area (Å²) >= 11 is 0. The van der Waals surface area contributed by atoms with Crippen LogP contribution in [0.2, 0.25) is 0 Å². The number of nitrogens with zero attached hydrogens (tertiary/aromatic N) is 5. The van der Waals surface area contributed by atoms with Crippen LogP contribution < -0.4 is 10.0 Å². The molecule has 3 heterocycles. The quantitative estimate of drug-likeness (QED) is 0.517. The minimum absolute atomic E-state index is 0.192. The summed E-state index contributed by atoms with van der Waals surface area (Å²) in [5.41, 5.74) is 0.957. The van der Waals surface area contributed by atoms with E-state index < -0.39 is 10.0 Å². The second kappa shape index (κ2) is 7.22. The van der Waals surface area contributed by atoms with E-state index in [0.717, 1.165) is 5.82 Å². The highest BCUT2D eigenvalue weighted by Gasteiger charge is 2.21. The summed E-state index contributed by atoms with van der Waals surface area (Å²) in [5, 5.41) is 9.67. The third kappa shape index (κ3) is 3.73. The summed E-state index contributed by atoms with van der Waals surface area (Å²) in [7, 11) is -3.61. The Morgan fingerprint density at radius 2 is 1.96 bits per heavy atom. The molecule has 138 valence electrons. The van der Waals surface area contributed by atoms with E-state index >= 15 is 0 Å². The molecule has 3 aromatic heterocycles. The molecular weight excluding hydrogens is 356 g/mol. The second-order valence-corrected chi connectivity index (χ2v) is 7.40. The van der Waals surface area contributed by atoms with Gasteiger partial charge in [-0.15, -0.1) is 0 Å². The molecule has 3 aromatic rings. The third-order valence-corrected chi connectivity index (χ3v) is 5.50. The van der Waals surface area contributed by atoms with Crippen LogP contribution in [0, 0.1) is 20.8 Å². The van der Waals surface area contributed by atoms with Gasteiger partial charge in [-0.2, -0.15) is 5.10 Å². The van der Waals surface area contributed by atoms with Gasteiger partial charge in [0.1, 0.15) is 28.7 Å². The molecule has 0 aliphatic carbocycles. The monoisotopic (exact) mass is 376 g/mol. The number of H-pyrrole nitrogens is 1. The van der Waals surface area contributed by atoms with Gasteiger partial charge < -0.3 is 5.32 Å². The number of aromatic nitrogens is 6. The molecule has 0 aliphatic heterocycles. The standard InChI is InChI=1S/C15H20N8O2S/c1-10-15(11(2)22-21-10)26(24,25)20-5-4-17-13-8-14(19-9-18-13)23-7-6-16-12(23)3/h6-9,20H,4-5H2,1-3H3,(H,21,22)(H,17,18,19). The molecule has 0 saturated carbocycles. The fraction of sp³-hybridized carbons (Fsp3) is 0.333. The predicted octanol–water partition coefficient (Wildman–Crippen LogP) is 0.701. The molecule has 0 fully saturated rings. The fourth-order valence-corrected chi connectivity index (χ4v) is 3.98. The van der Waals surface area contributed by atoms with Crippen LogP contribution in [0.25, 0.3) is 5.82 Å². The van der Waals surface area contributed by atoms with E-state index in [4.69, 9.17) is 0 Å². The Morgan fingerprint density at radius 3 is 2.62 bits per heavy atom. The average molecular weight is 376 g/mol. The van der Waals surface area contributed by atoms with E-state index in [9.17, 15) is 8.42 Å². The number of hydrogen-bond donors (Lipinski definition) is 3. The predicted molar refractivity (Wildman–Crippen MR) is 95.6 cm³/mol. The molecule has 10 nitrogen and oxygen atoms in total. The SMILES string of the molecule is Cc1n[nH]c(C)c1S(=O)(=O)NCCNc1cc(-n2ccnc2C)ncn1. The molecular formula is C15H20N8O2S. The largest absolute Gasteiger partial charge is 0.369 e. The van der Waals surface area contributed by atoms with Gasteiger partial charge in [-0.25, -0.2) is 28.1 Å². The van der Waals surface area contributed by atoms with Gasteiger partial charge in [0.25, 0.3) is 0 Å². The van der Waals surface area contributed by atoms with Crippen molar-refractivity contribution in [3.05, 3.63) is 42.0 Å². The maximum atomic E-state index is 12.4. The van der Waals surface area contributed by atoms with Gasteiger partial charge in [-0.1, -0.05) is 0 Å². The highest BCUT2D eigenvalue weighted by atomic mass is 32.2. The van der Waals surface area contributed by atoms with Gasteiger partial charge in [0.05, 0.1) is 11.4 Å². The number of aromatic amines is 1. The van der Waals surface area contributed by atoms with Crippen molar-refractivity contribution in [1.29, 1.82) is 0 Å². The molecule has 3 N–H and O–H groups in total. The number of hydrogen-bond acceptors (Lipinski definition) is 7. The molecule has 0 bridgehead atoms. The van der Waals surface area contributed by atoms with Crippen molar-refractivity contribution in [2.75, 3.05) is 18.4 Å². The summed E-state index contributed by atoms with van der Waals surface area (Å²) in [6.45, 7) is 5.78. The van der Waals surface area contributed by atoms with E-state index in [0.29, 0.717) is 29.6 Å². The Hall–Kier alpha value is -2.79. The molecule has 3 rings (SSSR count). The number of imidazole rings is 1. The molecule has 0 unspecified atom stereocenters. The zero-order valence-corrected chi connectivity index (χ0v) is 15.5. The lowest BCUT2D eigenvalue weighted by Crippen LogP contribution is -2.29. The molecule has 0 aliphatic rings. The number of rotatable bonds is 7. The van der Waals surface area contributed by atoms with Gasteiger partial charge in [0.15, 0.2) is 0 Å². The van der Waals surface area contributed by atoms with Gasteiger partial charge in [0, 0.05) is 31.5 Å². The molecule has 11 heteroatoms. The number of aryl methyl sites for hydroxylation is 3. The normalized spacial score (nSPS) is 11.7.